The molecule has 3 heterocycles. The summed E-state index contributed by atoms with van der Waals surface area (Å²) in [5, 5.41) is 4.40. The molecule has 3 rings (SSSR count). The van der Waals surface area contributed by atoms with Gasteiger partial charge in [0.05, 0.1) is 5.69 Å². The predicted molar refractivity (Wildman–Crippen MR) is 95.9 cm³/mol. The molecule has 1 atom stereocenters. The number of aromatic nitrogens is 3. The molecule has 0 N–H and O–H groups in total. The van der Waals surface area contributed by atoms with Crippen LogP contribution in [0.3, 0.4) is 0 Å². The lowest BCUT2D eigenvalue weighted by atomic mass is 10.00. The normalized spacial score (nSPS) is 17.5. The molecule has 1 fully saturated rings. The Balaban J connectivity index is 1.59. The molecule has 1 unspecified atom stereocenters. The molecule has 6 heteroatoms. The van der Waals surface area contributed by atoms with E-state index in [0.29, 0.717) is 31.0 Å². The van der Waals surface area contributed by atoms with Gasteiger partial charge in [-0.05, 0) is 43.4 Å². The van der Waals surface area contributed by atoms with Gasteiger partial charge in [-0.25, -0.2) is 4.68 Å². The number of aryl methyl sites for hydroxylation is 1. The first kappa shape index (κ1) is 17.3. The molecule has 0 aliphatic carbocycles. The third-order valence-electron chi connectivity index (χ3n) is 4.59. The number of hydrogen-bond acceptors (Lipinski definition) is 4. The van der Waals surface area contributed by atoms with Gasteiger partial charge < -0.3 is 4.90 Å². The zero-order chi connectivity index (χ0) is 17.6. The standard InChI is InChI=1S/C19H24N4O2/c1-15-5-3-11-22(14-15)18(24)7-4-12-23-19(25)9-8-17(21-23)16-6-2-10-20-13-16/h2,6,8-10,13,15H,3-5,7,11-12,14H2,1H3. The number of nitrogens with zero attached hydrogens (tertiary/aromatic N) is 4. The average Bonchev–Trinajstić information content (AvgIpc) is 2.64. The van der Waals surface area contributed by atoms with Crippen LogP contribution < -0.4 is 5.56 Å². The lowest BCUT2D eigenvalue weighted by Gasteiger charge is -2.31. The summed E-state index contributed by atoms with van der Waals surface area (Å²) in [6.07, 6.45) is 6.78. The highest BCUT2D eigenvalue weighted by atomic mass is 16.2. The van der Waals surface area contributed by atoms with Crippen LogP contribution in [0.25, 0.3) is 11.3 Å². The highest BCUT2D eigenvalue weighted by Crippen LogP contribution is 2.17. The van der Waals surface area contributed by atoms with Crippen molar-refractivity contribution in [2.75, 3.05) is 13.1 Å². The molecule has 2 aromatic rings. The number of piperidine rings is 1. The van der Waals surface area contributed by atoms with E-state index in [1.54, 1.807) is 18.5 Å². The van der Waals surface area contributed by atoms with Crippen molar-refractivity contribution in [3.63, 3.8) is 0 Å². The second kappa shape index (κ2) is 8.05. The Morgan fingerprint density at radius 2 is 2.20 bits per heavy atom. The number of likely N-dealkylation sites (tertiary alicyclic amines) is 1. The predicted octanol–water partition coefficient (Wildman–Crippen LogP) is 2.34. The molecule has 0 radical (unpaired) electrons. The highest BCUT2D eigenvalue weighted by Gasteiger charge is 2.20. The van der Waals surface area contributed by atoms with Gasteiger partial charge in [-0.3, -0.25) is 14.6 Å². The molecule has 0 bridgehead atoms. The molecule has 25 heavy (non-hydrogen) atoms. The van der Waals surface area contributed by atoms with E-state index < -0.39 is 0 Å². The summed E-state index contributed by atoms with van der Waals surface area (Å²) >= 11 is 0. The molecule has 0 spiro atoms. The van der Waals surface area contributed by atoms with Gasteiger partial charge in [-0.15, -0.1) is 0 Å². The number of pyridine rings is 1. The van der Waals surface area contributed by atoms with Crippen molar-refractivity contribution in [1.82, 2.24) is 19.7 Å². The van der Waals surface area contributed by atoms with Gasteiger partial charge in [0, 0.05) is 50.1 Å². The van der Waals surface area contributed by atoms with E-state index in [4.69, 9.17) is 0 Å². The lowest BCUT2D eigenvalue weighted by molar-refractivity contribution is -0.133. The van der Waals surface area contributed by atoms with Crippen LogP contribution in [-0.4, -0.2) is 38.7 Å². The molecule has 0 saturated carbocycles. The van der Waals surface area contributed by atoms with Crippen LogP contribution in [0, 0.1) is 5.92 Å². The topological polar surface area (TPSA) is 68.1 Å². The van der Waals surface area contributed by atoms with E-state index >= 15 is 0 Å². The van der Waals surface area contributed by atoms with Gasteiger partial charge in [0.25, 0.3) is 5.56 Å². The molecule has 132 valence electrons. The Morgan fingerprint density at radius 3 is 2.96 bits per heavy atom. The lowest BCUT2D eigenvalue weighted by Crippen LogP contribution is -2.39. The Hall–Kier alpha value is -2.50. The Morgan fingerprint density at radius 1 is 1.32 bits per heavy atom. The molecular formula is C19H24N4O2. The quantitative estimate of drug-likeness (QED) is 0.838. The van der Waals surface area contributed by atoms with Gasteiger partial charge in [-0.2, -0.15) is 5.10 Å². The summed E-state index contributed by atoms with van der Waals surface area (Å²) in [6, 6.07) is 6.97. The van der Waals surface area contributed by atoms with E-state index in [-0.39, 0.29) is 11.5 Å². The molecule has 1 amide bonds. The monoisotopic (exact) mass is 340 g/mol. The largest absolute Gasteiger partial charge is 0.342 e. The maximum Gasteiger partial charge on any atom is 0.266 e. The van der Waals surface area contributed by atoms with Crippen LogP contribution in [0.5, 0.6) is 0 Å². The summed E-state index contributed by atoms with van der Waals surface area (Å²) in [5.41, 5.74) is 1.44. The average molecular weight is 340 g/mol. The molecular weight excluding hydrogens is 316 g/mol. The van der Waals surface area contributed by atoms with E-state index in [0.717, 1.165) is 25.1 Å². The van der Waals surface area contributed by atoms with Crippen molar-refractivity contribution in [2.45, 2.75) is 39.2 Å². The molecule has 1 saturated heterocycles. The van der Waals surface area contributed by atoms with Gasteiger partial charge in [-0.1, -0.05) is 6.92 Å². The van der Waals surface area contributed by atoms with Crippen LogP contribution in [0.4, 0.5) is 0 Å². The molecule has 1 aliphatic heterocycles. The maximum atomic E-state index is 12.3. The molecule has 2 aromatic heterocycles. The maximum absolute atomic E-state index is 12.3. The van der Waals surface area contributed by atoms with E-state index in [2.05, 4.69) is 17.0 Å². The first-order valence-electron chi connectivity index (χ1n) is 8.90. The van der Waals surface area contributed by atoms with Crippen LogP contribution in [0.2, 0.25) is 0 Å². The van der Waals surface area contributed by atoms with Crippen molar-refractivity contribution in [3.05, 3.63) is 47.0 Å². The third kappa shape index (κ3) is 4.53. The Labute approximate surface area is 147 Å². The molecule has 0 aromatic carbocycles. The van der Waals surface area contributed by atoms with Gasteiger partial charge >= 0.3 is 0 Å². The summed E-state index contributed by atoms with van der Waals surface area (Å²) in [7, 11) is 0. The van der Waals surface area contributed by atoms with E-state index in [1.807, 2.05) is 17.0 Å². The van der Waals surface area contributed by atoms with E-state index in [9.17, 15) is 9.59 Å². The fraction of sp³-hybridized carbons (Fsp3) is 0.474. The second-order valence-electron chi connectivity index (χ2n) is 6.71. The summed E-state index contributed by atoms with van der Waals surface area (Å²) in [5.74, 6) is 0.765. The molecule has 6 nitrogen and oxygen atoms in total. The van der Waals surface area contributed by atoms with Gasteiger partial charge in [0.1, 0.15) is 0 Å². The number of hydrogen-bond donors (Lipinski definition) is 0. The van der Waals surface area contributed by atoms with E-state index in [1.165, 1.54) is 17.2 Å². The first-order valence-corrected chi connectivity index (χ1v) is 8.90. The number of carbonyl (C=O) groups is 1. The third-order valence-corrected chi connectivity index (χ3v) is 4.59. The number of rotatable bonds is 5. The highest BCUT2D eigenvalue weighted by molar-refractivity contribution is 5.76. The van der Waals surface area contributed by atoms with Crippen LogP contribution >= 0.6 is 0 Å². The van der Waals surface area contributed by atoms with Gasteiger partial charge in [0.15, 0.2) is 0 Å². The van der Waals surface area contributed by atoms with Crippen molar-refractivity contribution in [2.24, 2.45) is 5.92 Å². The summed E-state index contributed by atoms with van der Waals surface area (Å²) in [6.45, 7) is 4.35. The Kier molecular flexibility index (Phi) is 5.58. The minimum absolute atomic E-state index is 0.147. The minimum Gasteiger partial charge on any atom is -0.342 e. The fourth-order valence-corrected chi connectivity index (χ4v) is 3.23. The Bertz CT molecular complexity index is 772. The summed E-state index contributed by atoms with van der Waals surface area (Å²) in [4.78, 5) is 30.4. The number of amides is 1. The first-order chi connectivity index (χ1) is 12.1. The van der Waals surface area contributed by atoms with Crippen LogP contribution in [0.1, 0.15) is 32.6 Å². The SMILES string of the molecule is CC1CCCN(C(=O)CCCn2nc(-c3cccnc3)ccc2=O)C1. The van der Waals surface area contributed by atoms with Crippen LogP contribution in [0.15, 0.2) is 41.5 Å². The van der Waals surface area contributed by atoms with Crippen molar-refractivity contribution >= 4 is 5.91 Å². The van der Waals surface area contributed by atoms with Gasteiger partial charge in [0.2, 0.25) is 5.91 Å². The fourth-order valence-electron chi connectivity index (χ4n) is 3.23. The smallest absolute Gasteiger partial charge is 0.266 e. The van der Waals surface area contributed by atoms with Crippen molar-refractivity contribution < 1.29 is 4.79 Å². The second-order valence-corrected chi connectivity index (χ2v) is 6.71. The zero-order valence-electron chi connectivity index (χ0n) is 14.6. The minimum atomic E-state index is -0.147. The van der Waals surface area contributed by atoms with Crippen molar-refractivity contribution in [1.29, 1.82) is 0 Å². The van der Waals surface area contributed by atoms with Crippen molar-refractivity contribution in [3.8, 4) is 11.3 Å². The molecule has 1 aliphatic rings. The number of carbonyl (C=O) groups excluding carboxylic acids is 1. The zero-order valence-corrected chi connectivity index (χ0v) is 14.6. The van der Waals surface area contributed by atoms with Crippen LogP contribution in [-0.2, 0) is 11.3 Å². The summed E-state index contributed by atoms with van der Waals surface area (Å²) < 4.78 is 1.44.